The van der Waals surface area contributed by atoms with Gasteiger partial charge in [-0.1, -0.05) is 27.2 Å². The molecule has 0 bridgehead atoms. The van der Waals surface area contributed by atoms with Crippen molar-refractivity contribution in [1.82, 2.24) is 15.1 Å². The molecular weight excluding hydrogens is 222 g/mol. The van der Waals surface area contributed by atoms with Crippen LogP contribution in [0.3, 0.4) is 0 Å². The van der Waals surface area contributed by atoms with Crippen LogP contribution in [0, 0.1) is 11.8 Å². The van der Waals surface area contributed by atoms with E-state index in [4.69, 9.17) is 0 Å². The smallest absolute Gasteiger partial charge is 0.0534 e. The van der Waals surface area contributed by atoms with Gasteiger partial charge in [0.25, 0.3) is 0 Å². The van der Waals surface area contributed by atoms with Gasteiger partial charge in [0.05, 0.1) is 6.20 Å². The molecule has 3 heteroatoms. The lowest BCUT2D eigenvalue weighted by atomic mass is 9.93. The number of hydrogen-bond donors (Lipinski definition) is 1. The second-order valence-corrected chi connectivity index (χ2v) is 5.70. The van der Waals surface area contributed by atoms with Gasteiger partial charge in [0.2, 0.25) is 0 Å². The minimum atomic E-state index is 0.699. The summed E-state index contributed by atoms with van der Waals surface area (Å²) >= 11 is 0. The first-order chi connectivity index (χ1) is 8.74. The van der Waals surface area contributed by atoms with Crippen LogP contribution in [0.25, 0.3) is 0 Å². The van der Waals surface area contributed by atoms with Crippen LogP contribution < -0.4 is 5.32 Å². The lowest BCUT2D eigenvalue weighted by Crippen LogP contribution is -2.32. The van der Waals surface area contributed by atoms with E-state index in [9.17, 15) is 0 Å². The van der Waals surface area contributed by atoms with E-state index in [1.807, 2.05) is 10.9 Å². The molecule has 0 aromatic carbocycles. The summed E-state index contributed by atoms with van der Waals surface area (Å²) in [4.78, 5) is 0. The van der Waals surface area contributed by atoms with E-state index in [0.29, 0.717) is 6.04 Å². The Bertz CT molecular complexity index is 358. The third-order valence-electron chi connectivity index (χ3n) is 4.46. The number of aromatic nitrogens is 2. The van der Waals surface area contributed by atoms with E-state index in [1.54, 1.807) is 0 Å². The van der Waals surface area contributed by atoms with Crippen LogP contribution in [-0.2, 0) is 13.1 Å². The fourth-order valence-corrected chi connectivity index (χ4v) is 3.21. The number of hydrogen-bond acceptors (Lipinski definition) is 2. The fraction of sp³-hybridized carbons (Fsp3) is 0.800. The van der Waals surface area contributed by atoms with Crippen LogP contribution in [0.1, 0.15) is 52.0 Å². The Hall–Kier alpha value is -0.830. The molecule has 1 aromatic rings. The van der Waals surface area contributed by atoms with Gasteiger partial charge in [0.15, 0.2) is 0 Å². The highest BCUT2D eigenvalue weighted by molar-refractivity contribution is 5.04. The molecule has 3 nitrogen and oxygen atoms in total. The van der Waals surface area contributed by atoms with Crippen LogP contribution in [-0.4, -0.2) is 15.8 Å². The Kier molecular flexibility index (Phi) is 4.81. The maximum absolute atomic E-state index is 4.38. The average Bonchev–Trinajstić information content (AvgIpc) is 2.94. The van der Waals surface area contributed by atoms with Gasteiger partial charge in [-0.25, -0.2) is 0 Å². The molecule has 3 atom stereocenters. The molecule has 1 aromatic heterocycles. The zero-order valence-electron chi connectivity index (χ0n) is 12.0. The van der Waals surface area contributed by atoms with Crippen LogP contribution in [0.15, 0.2) is 12.4 Å². The molecule has 1 heterocycles. The van der Waals surface area contributed by atoms with Gasteiger partial charge in [0.1, 0.15) is 0 Å². The molecule has 0 spiro atoms. The van der Waals surface area contributed by atoms with Crippen LogP contribution in [0.4, 0.5) is 0 Å². The van der Waals surface area contributed by atoms with Crippen molar-refractivity contribution in [3.8, 4) is 0 Å². The van der Waals surface area contributed by atoms with E-state index in [-0.39, 0.29) is 0 Å². The van der Waals surface area contributed by atoms with E-state index >= 15 is 0 Å². The summed E-state index contributed by atoms with van der Waals surface area (Å²) in [6.07, 6.45) is 9.38. The summed E-state index contributed by atoms with van der Waals surface area (Å²) < 4.78 is 2.05. The van der Waals surface area contributed by atoms with Gasteiger partial charge in [-0.05, 0) is 31.1 Å². The summed E-state index contributed by atoms with van der Waals surface area (Å²) in [5.41, 5.74) is 1.32. The number of nitrogens with zero attached hydrogens (tertiary/aromatic N) is 2. The topological polar surface area (TPSA) is 29.9 Å². The molecule has 3 unspecified atom stereocenters. The van der Waals surface area contributed by atoms with E-state index in [1.165, 1.54) is 24.8 Å². The van der Waals surface area contributed by atoms with Crippen molar-refractivity contribution in [2.75, 3.05) is 0 Å². The van der Waals surface area contributed by atoms with Gasteiger partial charge >= 0.3 is 0 Å². The van der Waals surface area contributed by atoms with Gasteiger partial charge in [-0.2, -0.15) is 5.10 Å². The van der Waals surface area contributed by atoms with Crippen molar-refractivity contribution in [3.05, 3.63) is 18.0 Å². The Morgan fingerprint density at radius 2 is 2.22 bits per heavy atom. The van der Waals surface area contributed by atoms with Crippen LogP contribution in [0.2, 0.25) is 0 Å². The molecule has 1 saturated carbocycles. The highest BCUT2D eigenvalue weighted by Crippen LogP contribution is 2.33. The van der Waals surface area contributed by atoms with Crippen LogP contribution in [0.5, 0.6) is 0 Å². The van der Waals surface area contributed by atoms with E-state index in [0.717, 1.165) is 31.3 Å². The predicted octanol–water partition coefficient (Wildman–Crippen LogP) is 3.21. The highest BCUT2D eigenvalue weighted by Gasteiger charge is 2.30. The summed E-state index contributed by atoms with van der Waals surface area (Å²) in [5.74, 6) is 1.74. The molecule has 0 aliphatic heterocycles. The molecule has 18 heavy (non-hydrogen) atoms. The van der Waals surface area contributed by atoms with Crippen molar-refractivity contribution in [2.24, 2.45) is 11.8 Å². The monoisotopic (exact) mass is 249 g/mol. The van der Waals surface area contributed by atoms with Gasteiger partial charge < -0.3 is 5.32 Å². The van der Waals surface area contributed by atoms with E-state index in [2.05, 4.69) is 37.4 Å². The Morgan fingerprint density at radius 3 is 2.89 bits per heavy atom. The van der Waals surface area contributed by atoms with Gasteiger partial charge in [0, 0.05) is 30.9 Å². The highest BCUT2D eigenvalue weighted by atomic mass is 15.3. The third-order valence-corrected chi connectivity index (χ3v) is 4.46. The number of rotatable bonds is 6. The van der Waals surface area contributed by atoms with Gasteiger partial charge in [-0.3, -0.25) is 4.68 Å². The van der Waals surface area contributed by atoms with Gasteiger partial charge in [-0.15, -0.1) is 0 Å². The Labute approximate surface area is 111 Å². The van der Waals surface area contributed by atoms with Crippen molar-refractivity contribution >= 4 is 0 Å². The van der Waals surface area contributed by atoms with Crippen molar-refractivity contribution in [2.45, 2.75) is 65.6 Å². The molecule has 0 saturated heterocycles. The second-order valence-electron chi connectivity index (χ2n) is 5.70. The standard InChI is InChI=1S/C15H27N3/c1-4-8-18-11-13(10-17-18)9-16-15-7-6-14(5-2)12(15)3/h10-12,14-16H,4-9H2,1-3H3. The molecule has 102 valence electrons. The maximum Gasteiger partial charge on any atom is 0.0534 e. The summed E-state index contributed by atoms with van der Waals surface area (Å²) in [7, 11) is 0. The van der Waals surface area contributed by atoms with Crippen LogP contribution >= 0.6 is 0 Å². The van der Waals surface area contributed by atoms with Crippen molar-refractivity contribution < 1.29 is 0 Å². The maximum atomic E-state index is 4.38. The molecule has 1 aliphatic carbocycles. The molecular formula is C15H27N3. The molecule has 0 amide bonds. The molecule has 2 rings (SSSR count). The first-order valence-corrected chi connectivity index (χ1v) is 7.49. The molecule has 1 N–H and O–H groups in total. The summed E-state index contributed by atoms with van der Waals surface area (Å²) in [5, 5.41) is 8.09. The van der Waals surface area contributed by atoms with Crippen molar-refractivity contribution in [3.63, 3.8) is 0 Å². The first-order valence-electron chi connectivity index (χ1n) is 7.49. The molecule has 1 aliphatic rings. The largest absolute Gasteiger partial charge is 0.310 e. The number of aryl methyl sites for hydroxylation is 1. The first kappa shape index (κ1) is 13.6. The Morgan fingerprint density at radius 1 is 1.39 bits per heavy atom. The number of nitrogens with one attached hydrogen (secondary N) is 1. The lowest BCUT2D eigenvalue weighted by molar-refractivity contribution is 0.344. The Balaban J connectivity index is 1.80. The predicted molar refractivity (Wildman–Crippen MR) is 75.3 cm³/mol. The SMILES string of the molecule is CCCn1cc(CNC2CCC(CC)C2C)cn1. The zero-order chi connectivity index (χ0) is 13.0. The van der Waals surface area contributed by atoms with E-state index < -0.39 is 0 Å². The quantitative estimate of drug-likeness (QED) is 0.839. The third kappa shape index (κ3) is 3.14. The fourth-order valence-electron chi connectivity index (χ4n) is 3.21. The zero-order valence-corrected chi connectivity index (χ0v) is 12.0. The lowest BCUT2D eigenvalue weighted by Gasteiger charge is -2.20. The second kappa shape index (κ2) is 6.37. The normalized spacial score (nSPS) is 27.8. The minimum absolute atomic E-state index is 0.699. The average molecular weight is 249 g/mol. The summed E-state index contributed by atoms with van der Waals surface area (Å²) in [6.45, 7) is 8.90. The molecule has 1 fully saturated rings. The summed E-state index contributed by atoms with van der Waals surface area (Å²) in [6, 6.07) is 0.699. The molecule has 0 radical (unpaired) electrons. The van der Waals surface area contributed by atoms with Crippen molar-refractivity contribution in [1.29, 1.82) is 0 Å². The minimum Gasteiger partial charge on any atom is -0.310 e.